The fourth-order valence-electron chi connectivity index (χ4n) is 0. The SMILES string of the molecule is F[B-](F)(F)F.F[B-](F)(F)F.F[B-](F)(F)F.[CH2-]I.[K+]. The summed E-state index contributed by atoms with van der Waals surface area (Å²) in [4.78, 5) is 3.22. The van der Waals surface area contributed by atoms with Crippen LogP contribution >= 0.6 is 22.6 Å². The smallest absolute Gasteiger partial charge is 0.418 e. The molecule has 0 fully saturated rings. The van der Waals surface area contributed by atoms with Crippen LogP contribution in [-0.4, -0.2) is 21.8 Å². The zero-order valence-corrected chi connectivity index (χ0v) is 13.6. The van der Waals surface area contributed by atoms with Crippen molar-refractivity contribution in [3.05, 3.63) is 4.93 Å². The van der Waals surface area contributed by atoms with Crippen molar-refractivity contribution in [2.75, 3.05) is 0 Å². The second-order valence-electron chi connectivity index (χ2n) is 1.48. The predicted octanol–water partition coefficient (Wildman–Crippen LogP) is 2.12. The standard InChI is InChI=1S/CH2I.3BF4.K/c1-2;3*2-1(3,4)5;/h1H2;;;;/q4*-1;+1. The third-order valence-electron chi connectivity index (χ3n) is 0. The van der Waals surface area contributed by atoms with E-state index >= 15 is 0 Å². The fraction of sp³-hybridized carbons (Fsp3) is 0. The quantitative estimate of drug-likeness (QED) is 0.234. The Morgan fingerprint density at radius 3 is 0.444 bits per heavy atom. The van der Waals surface area contributed by atoms with E-state index in [0.29, 0.717) is 0 Å². The molecule has 0 amide bonds. The molecule has 0 aromatic rings. The summed E-state index contributed by atoms with van der Waals surface area (Å²) in [5.41, 5.74) is 0. The van der Waals surface area contributed by atoms with E-state index in [4.69, 9.17) is 0 Å². The largest absolute Gasteiger partial charge is 1.00 e. The van der Waals surface area contributed by atoms with Crippen LogP contribution < -0.4 is 51.4 Å². The van der Waals surface area contributed by atoms with Gasteiger partial charge in [0.2, 0.25) is 0 Å². The Labute approximate surface area is 150 Å². The molecule has 0 spiro atoms. The normalized spacial score (nSPS) is 10.3. The van der Waals surface area contributed by atoms with Crippen molar-refractivity contribution in [2.45, 2.75) is 0 Å². The van der Waals surface area contributed by atoms with Crippen LogP contribution in [0.4, 0.5) is 51.8 Å². The first-order valence-corrected chi connectivity index (χ1v) is 4.41. The van der Waals surface area contributed by atoms with E-state index in [-0.39, 0.29) is 51.4 Å². The van der Waals surface area contributed by atoms with Crippen LogP contribution in [0.1, 0.15) is 0 Å². The molecule has 0 aliphatic rings. The van der Waals surface area contributed by atoms with E-state index in [1.54, 1.807) is 0 Å². The van der Waals surface area contributed by atoms with Crippen LogP contribution in [0.5, 0.6) is 0 Å². The molecule has 0 aromatic carbocycles. The van der Waals surface area contributed by atoms with E-state index in [9.17, 15) is 51.8 Å². The Balaban J connectivity index is -0.0000000427. The molecular weight excluding hydrogens is 438 g/mol. The summed E-state index contributed by atoms with van der Waals surface area (Å²) in [5, 5.41) is 0. The summed E-state index contributed by atoms with van der Waals surface area (Å²) in [5.74, 6) is 0. The summed E-state index contributed by atoms with van der Waals surface area (Å²) in [6, 6.07) is 0. The molecule has 0 radical (unpaired) electrons. The first-order valence-electron chi connectivity index (χ1n) is 2.89. The van der Waals surface area contributed by atoms with E-state index in [2.05, 4.69) is 4.93 Å². The van der Waals surface area contributed by atoms with Crippen molar-refractivity contribution >= 4 is 44.4 Å². The Bertz CT molecular complexity index is 102. The predicted molar refractivity (Wildman–Crippen MR) is 49.9 cm³/mol. The van der Waals surface area contributed by atoms with Crippen LogP contribution in [0, 0.1) is 4.93 Å². The van der Waals surface area contributed by atoms with Gasteiger partial charge in [-0.05, 0) is 0 Å². The Morgan fingerprint density at radius 1 is 0.444 bits per heavy atom. The molecule has 0 aliphatic carbocycles. The molecule has 17 heteroatoms. The molecule has 0 saturated carbocycles. The minimum atomic E-state index is -6.00. The summed E-state index contributed by atoms with van der Waals surface area (Å²) < 4.78 is 117. The van der Waals surface area contributed by atoms with Crippen molar-refractivity contribution in [1.82, 2.24) is 0 Å². The van der Waals surface area contributed by atoms with Crippen molar-refractivity contribution in [3.8, 4) is 0 Å². The molecule has 18 heavy (non-hydrogen) atoms. The Morgan fingerprint density at radius 2 is 0.444 bits per heavy atom. The third kappa shape index (κ3) is 1670. The molecule has 110 valence electrons. The van der Waals surface area contributed by atoms with E-state index < -0.39 is 21.8 Å². The zero-order valence-electron chi connectivity index (χ0n) is 8.35. The summed E-state index contributed by atoms with van der Waals surface area (Å²) in [7, 11) is -18.0. The van der Waals surface area contributed by atoms with Gasteiger partial charge in [-0.2, -0.15) is 0 Å². The second kappa shape index (κ2) is 15.1. The molecule has 0 nitrogen and oxygen atoms in total. The van der Waals surface area contributed by atoms with Gasteiger partial charge in [0, 0.05) is 0 Å². The van der Waals surface area contributed by atoms with Crippen molar-refractivity contribution in [3.63, 3.8) is 0 Å². The van der Waals surface area contributed by atoms with Crippen LogP contribution in [0.25, 0.3) is 0 Å². The van der Waals surface area contributed by atoms with Crippen molar-refractivity contribution in [1.29, 1.82) is 0 Å². The average molecular weight is 440 g/mol. The van der Waals surface area contributed by atoms with Gasteiger partial charge in [-0.25, -0.2) is 0 Å². The van der Waals surface area contributed by atoms with Gasteiger partial charge in [-0.3, -0.25) is 4.93 Å². The minimum absolute atomic E-state index is 0. The Kier molecular flexibility index (Phi) is 26.8. The van der Waals surface area contributed by atoms with Gasteiger partial charge in [-0.15, -0.1) is 0 Å². The third-order valence-corrected chi connectivity index (χ3v) is 0. The maximum absolute atomic E-state index is 9.75. The van der Waals surface area contributed by atoms with Crippen LogP contribution in [-0.2, 0) is 0 Å². The molecular formula is CH2B3F12IK-3. The van der Waals surface area contributed by atoms with Gasteiger partial charge in [-0.1, -0.05) is 0 Å². The maximum Gasteiger partial charge on any atom is 1.00 e. The van der Waals surface area contributed by atoms with Crippen molar-refractivity contribution in [2.24, 2.45) is 0 Å². The van der Waals surface area contributed by atoms with Gasteiger partial charge in [0.1, 0.15) is 0 Å². The second-order valence-corrected chi connectivity index (χ2v) is 1.48. The van der Waals surface area contributed by atoms with Gasteiger partial charge >= 0.3 is 73.1 Å². The van der Waals surface area contributed by atoms with Gasteiger partial charge in [0.15, 0.2) is 0 Å². The van der Waals surface area contributed by atoms with E-state index in [0.717, 1.165) is 0 Å². The fourth-order valence-corrected chi connectivity index (χ4v) is 0. The number of halogens is 13. The molecule has 0 aromatic heterocycles. The summed E-state index contributed by atoms with van der Waals surface area (Å²) in [6.07, 6.45) is 0. The number of rotatable bonds is 0. The molecule has 0 saturated heterocycles. The van der Waals surface area contributed by atoms with Gasteiger partial charge in [0.05, 0.1) is 0 Å². The Hall–Kier alpha value is 1.72. The maximum atomic E-state index is 9.75. The molecule has 0 N–H and O–H groups in total. The first-order chi connectivity index (χ1) is 7.00. The van der Waals surface area contributed by atoms with Crippen LogP contribution in [0.15, 0.2) is 0 Å². The summed E-state index contributed by atoms with van der Waals surface area (Å²) in [6.45, 7) is 0. The minimum Gasteiger partial charge on any atom is -0.418 e. The number of hydrogen-bond acceptors (Lipinski definition) is 0. The van der Waals surface area contributed by atoms with Gasteiger partial charge in [0.25, 0.3) is 0 Å². The molecule has 0 unspecified atom stereocenters. The first kappa shape index (κ1) is 31.9. The zero-order chi connectivity index (χ0) is 15.5. The topological polar surface area (TPSA) is 0 Å². The van der Waals surface area contributed by atoms with Crippen LogP contribution in [0.3, 0.4) is 0 Å². The average Bonchev–Trinajstić information content (AvgIpc) is 1.77. The molecule has 0 rings (SSSR count). The van der Waals surface area contributed by atoms with Crippen LogP contribution in [0.2, 0.25) is 0 Å². The van der Waals surface area contributed by atoms with Gasteiger partial charge < -0.3 is 74.4 Å². The molecule has 0 aliphatic heterocycles. The van der Waals surface area contributed by atoms with E-state index in [1.165, 1.54) is 0 Å². The molecule has 0 heterocycles. The molecule has 0 atom stereocenters. The summed E-state index contributed by atoms with van der Waals surface area (Å²) >= 11 is 1.90. The monoisotopic (exact) mass is 441 g/mol. The van der Waals surface area contributed by atoms with E-state index in [1.807, 2.05) is 22.6 Å². The molecule has 0 bridgehead atoms. The van der Waals surface area contributed by atoms with Crippen molar-refractivity contribution < 1.29 is 103 Å². The number of hydrogen-bond donors (Lipinski definition) is 0.